The summed E-state index contributed by atoms with van der Waals surface area (Å²) < 4.78 is 11.0. The van der Waals surface area contributed by atoms with E-state index < -0.39 is 6.10 Å². The number of benzene rings is 1. The van der Waals surface area contributed by atoms with Gasteiger partial charge in [-0.3, -0.25) is 14.9 Å². The molecule has 2 unspecified atom stereocenters. The van der Waals surface area contributed by atoms with Gasteiger partial charge in [0.25, 0.3) is 11.8 Å². The highest BCUT2D eigenvalue weighted by molar-refractivity contribution is 6.42. The molecule has 4 aliphatic rings. The molecule has 1 heterocycles. The van der Waals surface area contributed by atoms with Gasteiger partial charge in [-0.15, -0.1) is 0 Å². The maximum atomic E-state index is 12.3. The van der Waals surface area contributed by atoms with E-state index in [4.69, 9.17) is 32.7 Å². The Morgan fingerprint density at radius 1 is 1.22 bits per heavy atom. The summed E-state index contributed by atoms with van der Waals surface area (Å²) in [5, 5.41) is 9.98. The number of nitrogens with one attached hydrogen (secondary N) is 3. The Morgan fingerprint density at radius 3 is 2.56 bits per heavy atom. The molecule has 27 heavy (non-hydrogen) atoms. The van der Waals surface area contributed by atoms with Crippen molar-refractivity contribution in [1.29, 1.82) is 0 Å². The number of halogens is 2. The second-order valence-corrected chi connectivity index (χ2v) is 8.48. The van der Waals surface area contributed by atoms with Crippen molar-refractivity contribution < 1.29 is 19.1 Å². The van der Waals surface area contributed by atoms with E-state index in [1.807, 2.05) is 6.92 Å². The van der Waals surface area contributed by atoms with Crippen LogP contribution in [-0.4, -0.2) is 48.4 Å². The van der Waals surface area contributed by atoms with Gasteiger partial charge in [0.2, 0.25) is 0 Å². The van der Waals surface area contributed by atoms with Crippen LogP contribution in [0.5, 0.6) is 5.75 Å². The number of ether oxygens (including phenoxy) is 2. The number of carbonyl (C=O) groups excluding carboxylic acids is 2. The molecule has 1 aliphatic heterocycles. The Kier molecular flexibility index (Phi) is 4.74. The summed E-state index contributed by atoms with van der Waals surface area (Å²) in [4.78, 5) is 24.4. The highest BCUT2D eigenvalue weighted by atomic mass is 35.5. The summed E-state index contributed by atoms with van der Waals surface area (Å²) >= 11 is 11.8. The van der Waals surface area contributed by atoms with Gasteiger partial charge in [-0.1, -0.05) is 23.2 Å². The van der Waals surface area contributed by atoms with Crippen LogP contribution in [0.2, 0.25) is 10.0 Å². The average Bonchev–Trinajstić information content (AvgIpc) is 2.99. The largest absolute Gasteiger partial charge is 0.484 e. The SMILES string of the molecule is CC1NCC(C(=O)NC23CC(NC(=O)COc4ccc(Cl)c(Cl)c4)(C2)C3)O1. The topological polar surface area (TPSA) is 88.7 Å². The third kappa shape index (κ3) is 3.74. The zero-order valence-electron chi connectivity index (χ0n) is 14.8. The maximum Gasteiger partial charge on any atom is 0.258 e. The van der Waals surface area contributed by atoms with Crippen molar-refractivity contribution in [2.24, 2.45) is 0 Å². The van der Waals surface area contributed by atoms with Gasteiger partial charge in [0.15, 0.2) is 12.7 Å². The van der Waals surface area contributed by atoms with Crippen LogP contribution in [0, 0.1) is 0 Å². The van der Waals surface area contributed by atoms with Gasteiger partial charge >= 0.3 is 0 Å². The Hall–Kier alpha value is -1.54. The Labute approximate surface area is 167 Å². The van der Waals surface area contributed by atoms with Crippen LogP contribution in [-0.2, 0) is 14.3 Å². The minimum Gasteiger partial charge on any atom is -0.484 e. The molecule has 3 aliphatic carbocycles. The van der Waals surface area contributed by atoms with Crippen LogP contribution in [0.4, 0.5) is 0 Å². The number of hydrogen-bond donors (Lipinski definition) is 3. The van der Waals surface area contributed by atoms with E-state index in [1.54, 1.807) is 18.2 Å². The first-order valence-corrected chi connectivity index (χ1v) is 9.64. The van der Waals surface area contributed by atoms with E-state index in [2.05, 4.69) is 16.0 Å². The fourth-order valence-electron chi connectivity index (χ4n) is 4.21. The second kappa shape index (κ2) is 6.81. The Balaban J connectivity index is 1.20. The average molecular weight is 414 g/mol. The minimum atomic E-state index is -0.445. The molecule has 2 atom stereocenters. The lowest BCUT2D eigenvalue weighted by atomic mass is 9.44. The summed E-state index contributed by atoms with van der Waals surface area (Å²) in [6.45, 7) is 2.30. The van der Waals surface area contributed by atoms with Gasteiger partial charge in [0, 0.05) is 23.7 Å². The molecule has 1 aromatic rings. The number of amides is 2. The van der Waals surface area contributed by atoms with Crippen molar-refractivity contribution in [3.8, 4) is 5.75 Å². The van der Waals surface area contributed by atoms with E-state index >= 15 is 0 Å². The molecule has 2 amide bonds. The molecule has 0 spiro atoms. The highest BCUT2D eigenvalue weighted by Gasteiger charge is 2.69. The zero-order chi connectivity index (χ0) is 19.2. The van der Waals surface area contributed by atoms with Crippen LogP contribution >= 0.6 is 23.2 Å². The summed E-state index contributed by atoms with van der Waals surface area (Å²) in [5.41, 5.74) is -0.433. The fourth-order valence-corrected chi connectivity index (χ4v) is 4.50. The molecule has 9 heteroatoms. The monoisotopic (exact) mass is 413 g/mol. The Morgan fingerprint density at radius 2 is 1.93 bits per heavy atom. The third-order valence-corrected chi connectivity index (χ3v) is 6.07. The summed E-state index contributed by atoms with van der Waals surface area (Å²) in [5.74, 6) is 0.201. The van der Waals surface area contributed by atoms with Gasteiger partial charge in [-0.2, -0.15) is 0 Å². The van der Waals surface area contributed by atoms with E-state index in [-0.39, 0.29) is 35.7 Å². The van der Waals surface area contributed by atoms with Crippen molar-refractivity contribution in [2.45, 2.75) is 49.6 Å². The van der Waals surface area contributed by atoms with Crippen molar-refractivity contribution in [3.63, 3.8) is 0 Å². The predicted molar refractivity (Wildman–Crippen MR) is 99.9 cm³/mol. The van der Waals surface area contributed by atoms with E-state index in [0.29, 0.717) is 22.3 Å². The number of hydrogen-bond acceptors (Lipinski definition) is 5. The smallest absolute Gasteiger partial charge is 0.258 e. The van der Waals surface area contributed by atoms with Gasteiger partial charge < -0.3 is 20.1 Å². The lowest BCUT2D eigenvalue weighted by Gasteiger charge is -2.70. The molecule has 2 bridgehead atoms. The quantitative estimate of drug-likeness (QED) is 0.659. The third-order valence-electron chi connectivity index (χ3n) is 5.34. The molecular formula is C18H21Cl2N3O4. The summed E-state index contributed by atoms with van der Waals surface area (Å²) in [6, 6.07) is 4.85. The molecule has 3 saturated carbocycles. The van der Waals surface area contributed by atoms with Crippen molar-refractivity contribution in [2.75, 3.05) is 13.2 Å². The van der Waals surface area contributed by atoms with E-state index in [1.165, 1.54) is 0 Å². The molecule has 5 rings (SSSR count). The number of rotatable bonds is 6. The standard InChI is InChI=1S/C18H21Cl2N3O4/c1-10-21-5-14(27-10)16(25)23-18-7-17(8-18,9-18)22-15(24)6-26-11-2-3-12(19)13(20)4-11/h2-4,10,14,21H,5-9H2,1H3,(H,22,24)(H,23,25). The van der Waals surface area contributed by atoms with Crippen LogP contribution in [0.3, 0.4) is 0 Å². The van der Waals surface area contributed by atoms with E-state index in [9.17, 15) is 9.59 Å². The lowest BCUT2D eigenvalue weighted by Crippen LogP contribution is -2.84. The molecule has 0 radical (unpaired) electrons. The molecule has 4 fully saturated rings. The predicted octanol–water partition coefficient (Wildman–Crippen LogP) is 1.61. The van der Waals surface area contributed by atoms with Crippen molar-refractivity contribution >= 4 is 35.0 Å². The maximum absolute atomic E-state index is 12.3. The fraction of sp³-hybridized carbons (Fsp3) is 0.556. The van der Waals surface area contributed by atoms with Gasteiger partial charge in [-0.05, 0) is 38.3 Å². The van der Waals surface area contributed by atoms with Crippen LogP contribution in [0.25, 0.3) is 0 Å². The molecule has 1 aromatic carbocycles. The molecule has 1 saturated heterocycles. The summed E-state index contributed by atoms with van der Waals surface area (Å²) in [7, 11) is 0. The Bertz CT molecular complexity index is 768. The minimum absolute atomic E-state index is 0.0885. The normalized spacial score (nSPS) is 33.6. The highest BCUT2D eigenvalue weighted by Crippen LogP contribution is 2.60. The second-order valence-electron chi connectivity index (χ2n) is 7.67. The van der Waals surface area contributed by atoms with Gasteiger partial charge in [0.05, 0.1) is 10.0 Å². The molecule has 146 valence electrons. The van der Waals surface area contributed by atoms with E-state index in [0.717, 1.165) is 19.3 Å². The van der Waals surface area contributed by atoms with Crippen LogP contribution < -0.4 is 20.7 Å². The van der Waals surface area contributed by atoms with Crippen molar-refractivity contribution in [3.05, 3.63) is 28.2 Å². The molecule has 7 nitrogen and oxygen atoms in total. The zero-order valence-corrected chi connectivity index (χ0v) is 16.3. The summed E-state index contributed by atoms with van der Waals surface area (Å²) in [6.07, 6.45) is 1.66. The molecule has 0 aromatic heterocycles. The first-order chi connectivity index (χ1) is 12.8. The first kappa shape index (κ1) is 18.8. The molecule has 3 N–H and O–H groups in total. The molecular weight excluding hydrogens is 393 g/mol. The number of carbonyl (C=O) groups is 2. The van der Waals surface area contributed by atoms with Gasteiger partial charge in [0.1, 0.15) is 12.0 Å². The van der Waals surface area contributed by atoms with Crippen LogP contribution in [0.1, 0.15) is 26.2 Å². The van der Waals surface area contributed by atoms with Gasteiger partial charge in [-0.25, -0.2) is 0 Å². The lowest BCUT2D eigenvalue weighted by molar-refractivity contribution is -0.155. The van der Waals surface area contributed by atoms with Crippen molar-refractivity contribution in [1.82, 2.24) is 16.0 Å². The first-order valence-electron chi connectivity index (χ1n) is 8.88. The van der Waals surface area contributed by atoms with Crippen LogP contribution in [0.15, 0.2) is 18.2 Å².